The Hall–Kier alpha value is 0.644. The fourth-order valence-electron chi connectivity index (χ4n) is 0.905. The largest absolute Gasteiger partial charge is 0.421 e. The molecule has 0 aromatic heterocycles. The van der Waals surface area contributed by atoms with Crippen molar-refractivity contribution in [2.24, 2.45) is 0 Å². The van der Waals surface area contributed by atoms with E-state index in [1.54, 1.807) is 14.2 Å². The lowest BCUT2D eigenvalue weighted by atomic mass is 11.8. The van der Waals surface area contributed by atoms with Gasteiger partial charge in [-0.05, 0) is 25.3 Å². The molecule has 0 amide bonds. The van der Waals surface area contributed by atoms with Crippen molar-refractivity contribution in [2.45, 2.75) is 25.3 Å². The molecule has 0 aliphatic carbocycles. The van der Waals surface area contributed by atoms with Gasteiger partial charge in [0.25, 0.3) is 7.63 Å². The predicted molar refractivity (Wildman–Crippen MR) is 53.8 cm³/mol. The van der Waals surface area contributed by atoms with Gasteiger partial charge >= 0.3 is 0 Å². The highest BCUT2D eigenvalue weighted by atomic mass is 35.6. The quantitative estimate of drug-likeness (QED) is 0.526. The van der Waals surface area contributed by atoms with E-state index in [-0.39, 0.29) is 0 Å². The molecule has 0 rings (SSSR count). The standard InChI is InChI=1S/C6H17ClO2Si2/c1-8-10(3,4)6-11(5,7)9-2/h6H2,1-5H3. The van der Waals surface area contributed by atoms with Gasteiger partial charge in [-0.3, -0.25) is 0 Å². The van der Waals surface area contributed by atoms with Crippen LogP contribution in [0, 0.1) is 0 Å². The molecule has 0 aromatic carbocycles. The molecule has 0 heterocycles. The third kappa shape index (κ3) is 4.97. The lowest BCUT2D eigenvalue weighted by molar-refractivity contribution is 0.394. The normalized spacial score (nSPS) is 18.0. The van der Waals surface area contributed by atoms with Crippen molar-refractivity contribution in [1.29, 1.82) is 0 Å². The van der Waals surface area contributed by atoms with Gasteiger partial charge in [0.2, 0.25) is 0 Å². The minimum atomic E-state index is -1.92. The van der Waals surface area contributed by atoms with Gasteiger partial charge in [0.1, 0.15) is 0 Å². The lowest BCUT2D eigenvalue weighted by Gasteiger charge is -2.26. The van der Waals surface area contributed by atoms with Gasteiger partial charge in [-0.15, -0.1) is 11.1 Å². The lowest BCUT2D eigenvalue weighted by Crippen LogP contribution is -2.41. The maximum absolute atomic E-state index is 6.16. The molecular formula is C6H17ClO2Si2. The van der Waals surface area contributed by atoms with Crippen LogP contribution in [0.25, 0.3) is 0 Å². The Morgan fingerprint density at radius 1 is 1.09 bits per heavy atom. The molecule has 0 saturated heterocycles. The molecule has 0 fully saturated rings. The van der Waals surface area contributed by atoms with E-state index in [0.29, 0.717) is 0 Å². The van der Waals surface area contributed by atoms with Crippen LogP contribution in [0.2, 0.25) is 25.3 Å². The van der Waals surface area contributed by atoms with Crippen molar-refractivity contribution in [3.05, 3.63) is 0 Å². The van der Waals surface area contributed by atoms with E-state index < -0.39 is 15.9 Å². The summed E-state index contributed by atoms with van der Waals surface area (Å²) in [4.78, 5) is 0. The monoisotopic (exact) mass is 212 g/mol. The molecule has 0 bridgehead atoms. The van der Waals surface area contributed by atoms with Crippen LogP contribution in [0.5, 0.6) is 0 Å². The van der Waals surface area contributed by atoms with Crippen LogP contribution in [0.1, 0.15) is 0 Å². The minimum Gasteiger partial charge on any atom is -0.421 e. The van der Waals surface area contributed by atoms with Crippen molar-refractivity contribution in [3.8, 4) is 0 Å². The topological polar surface area (TPSA) is 18.5 Å². The molecule has 0 radical (unpaired) electrons. The van der Waals surface area contributed by atoms with Crippen LogP contribution >= 0.6 is 11.1 Å². The Kier molecular flexibility index (Phi) is 4.28. The second-order valence-corrected chi connectivity index (χ2v) is 13.8. The Labute approximate surface area is 75.8 Å². The maximum Gasteiger partial charge on any atom is 0.286 e. The summed E-state index contributed by atoms with van der Waals surface area (Å²) >= 11 is 6.16. The molecule has 0 aliphatic rings. The molecular weight excluding hydrogens is 196 g/mol. The number of rotatable bonds is 4. The minimum absolute atomic E-state index is 0.939. The Balaban J connectivity index is 4.02. The third-order valence-electron chi connectivity index (χ3n) is 1.72. The van der Waals surface area contributed by atoms with E-state index in [2.05, 4.69) is 13.1 Å². The highest BCUT2D eigenvalue weighted by Gasteiger charge is 2.35. The van der Waals surface area contributed by atoms with Gasteiger partial charge in [0.15, 0.2) is 8.32 Å². The summed E-state index contributed by atoms with van der Waals surface area (Å²) in [6.45, 7) is 6.31. The van der Waals surface area contributed by atoms with E-state index >= 15 is 0 Å². The summed E-state index contributed by atoms with van der Waals surface area (Å²) in [5.41, 5.74) is 0.939. The zero-order valence-corrected chi connectivity index (χ0v) is 10.7. The first-order valence-electron chi connectivity index (χ1n) is 3.62. The van der Waals surface area contributed by atoms with Gasteiger partial charge in [-0.1, -0.05) is 0 Å². The summed E-state index contributed by atoms with van der Waals surface area (Å²) in [6.07, 6.45) is 0. The number of halogens is 1. The third-order valence-corrected chi connectivity index (χ3v) is 11.3. The number of hydrogen-bond acceptors (Lipinski definition) is 2. The second-order valence-electron chi connectivity index (χ2n) is 3.45. The molecule has 1 atom stereocenters. The first-order valence-corrected chi connectivity index (χ1v) is 10.4. The van der Waals surface area contributed by atoms with Crippen molar-refractivity contribution < 1.29 is 8.85 Å². The Morgan fingerprint density at radius 2 is 1.55 bits per heavy atom. The van der Waals surface area contributed by atoms with Crippen molar-refractivity contribution in [3.63, 3.8) is 0 Å². The SMILES string of the molecule is CO[Si](C)(C)C[Si](C)(Cl)OC. The molecule has 68 valence electrons. The van der Waals surface area contributed by atoms with Crippen molar-refractivity contribution in [1.82, 2.24) is 0 Å². The molecule has 0 spiro atoms. The van der Waals surface area contributed by atoms with E-state index in [9.17, 15) is 0 Å². The summed E-state index contributed by atoms with van der Waals surface area (Å²) in [6, 6.07) is 0. The summed E-state index contributed by atoms with van der Waals surface area (Å²) in [5.74, 6) is 0. The van der Waals surface area contributed by atoms with Gasteiger partial charge in [-0.25, -0.2) is 0 Å². The molecule has 11 heavy (non-hydrogen) atoms. The fourth-order valence-corrected chi connectivity index (χ4v) is 11.0. The average molecular weight is 213 g/mol. The molecule has 1 unspecified atom stereocenters. The van der Waals surface area contributed by atoms with Gasteiger partial charge in [-0.2, -0.15) is 0 Å². The van der Waals surface area contributed by atoms with E-state index in [1.807, 2.05) is 6.55 Å². The van der Waals surface area contributed by atoms with Crippen LogP contribution in [0.4, 0.5) is 0 Å². The maximum atomic E-state index is 6.16. The van der Waals surface area contributed by atoms with Crippen LogP contribution in [0.15, 0.2) is 0 Å². The Bertz CT molecular complexity index is 114. The highest BCUT2D eigenvalue weighted by Crippen LogP contribution is 2.23. The van der Waals surface area contributed by atoms with Crippen molar-refractivity contribution >= 4 is 27.0 Å². The van der Waals surface area contributed by atoms with E-state index in [0.717, 1.165) is 5.67 Å². The zero-order chi connectivity index (χ0) is 9.12. The summed E-state index contributed by atoms with van der Waals surface area (Å²) in [7, 11) is -0.0204. The molecule has 5 heteroatoms. The average Bonchev–Trinajstić information content (AvgIpc) is 1.86. The molecule has 0 N–H and O–H groups in total. The van der Waals surface area contributed by atoms with Crippen molar-refractivity contribution in [2.75, 3.05) is 14.2 Å². The zero-order valence-electron chi connectivity index (χ0n) is 7.90. The summed E-state index contributed by atoms with van der Waals surface area (Å²) in [5, 5.41) is 0. The highest BCUT2D eigenvalue weighted by molar-refractivity contribution is 7.20. The smallest absolute Gasteiger partial charge is 0.286 e. The molecule has 0 saturated carbocycles. The number of hydrogen-bond donors (Lipinski definition) is 0. The molecule has 2 nitrogen and oxygen atoms in total. The fraction of sp³-hybridized carbons (Fsp3) is 1.00. The van der Waals surface area contributed by atoms with E-state index in [4.69, 9.17) is 19.9 Å². The van der Waals surface area contributed by atoms with Crippen LogP contribution in [0.3, 0.4) is 0 Å². The van der Waals surface area contributed by atoms with Gasteiger partial charge in [0.05, 0.1) is 0 Å². The second kappa shape index (κ2) is 4.04. The van der Waals surface area contributed by atoms with Gasteiger partial charge in [0, 0.05) is 14.2 Å². The summed E-state index contributed by atoms with van der Waals surface area (Å²) < 4.78 is 10.6. The Morgan fingerprint density at radius 3 is 1.82 bits per heavy atom. The predicted octanol–water partition coefficient (Wildman–Crippen LogP) is 2.33. The first-order chi connectivity index (χ1) is 4.83. The van der Waals surface area contributed by atoms with Gasteiger partial charge < -0.3 is 8.85 Å². The first kappa shape index (κ1) is 11.6. The molecule has 0 aliphatic heterocycles. The van der Waals surface area contributed by atoms with E-state index in [1.165, 1.54) is 0 Å². The van der Waals surface area contributed by atoms with Crippen LogP contribution in [-0.4, -0.2) is 30.2 Å². The van der Waals surface area contributed by atoms with Crippen LogP contribution in [-0.2, 0) is 8.85 Å². The molecule has 0 aromatic rings. The van der Waals surface area contributed by atoms with Crippen LogP contribution < -0.4 is 0 Å².